The van der Waals surface area contributed by atoms with Gasteiger partial charge in [0.15, 0.2) is 0 Å². The first kappa shape index (κ1) is 15.0. The summed E-state index contributed by atoms with van der Waals surface area (Å²) in [5, 5.41) is 3.57. The number of likely N-dealkylation sites (tertiary alicyclic amines) is 1. The highest BCUT2D eigenvalue weighted by molar-refractivity contribution is 9.10. The number of rotatable bonds is 5. The maximum atomic E-state index is 4.66. The van der Waals surface area contributed by atoms with Crippen LogP contribution in [0, 0.1) is 0 Å². The van der Waals surface area contributed by atoms with Gasteiger partial charge in [-0.3, -0.25) is 9.88 Å². The lowest BCUT2D eigenvalue weighted by atomic mass is 10.2. The van der Waals surface area contributed by atoms with E-state index >= 15 is 0 Å². The molecule has 120 valence electrons. The molecule has 0 radical (unpaired) electrons. The molecule has 5 nitrogen and oxygen atoms in total. The Kier molecular flexibility index (Phi) is 4.27. The number of pyridine rings is 1. The lowest BCUT2D eigenvalue weighted by Gasteiger charge is -2.17. The van der Waals surface area contributed by atoms with Crippen molar-refractivity contribution >= 4 is 21.7 Å². The minimum Gasteiger partial charge on any atom is -0.366 e. The van der Waals surface area contributed by atoms with Gasteiger partial charge in [0.2, 0.25) is 0 Å². The van der Waals surface area contributed by atoms with E-state index in [0.29, 0.717) is 12.0 Å². The third kappa shape index (κ3) is 3.87. The molecule has 2 fully saturated rings. The van der Waals surface area contributed by atoms with Crippen molar-refractivity contribution in [2.45, 2.75) is 37.8 Å². The number of aromatic nitrogens is 3. The van der Waals surface area contributed by atoms with E-state index in [9.17, 15) is 0 Å². The van der Waals surface area contributed by atoms with Gasteiger partial charge in [0.25, 0.3) is 0 Å². The smallest absolute Gasteiger partial charge is 0.133 e. The molecule has 23 heavy (non-hydrogen) atoms. The van der Waals surface area contributed by atoms with E-state index in [0.717, 1.165) is 42.2 Å². The number of nitrogens with zero attached hydrogens (tertiary/aromatic N) is 4. The summed E-state index contributed by atoms with van der Waals surface area (Å²) in [5.41, 5.74) is 1.25. The van der Waals surface area contributed by atoms with Gasteiger partial charge in [-0.05, 0) is 52.9 Å². The number of hydrogen-bond donors (Lipinski definition) is 1. The summed E-state index contributed by atoms with van der Waals surface area (Å²) in [6.45, 7) is 3.09. The van der Waals surface area contributed by atoms with Crippen LogP contribution in [-0.4, -0.2) is 39.0 Å². The van der Waals surface area contributed by atoms with Crippen LogP contribution >= 0.6 is 15.9 Å². The lowest BCUT2D eigenvalue weighted by molar-refractivity contribution is 0.328. The molecule has 0 bridgehead atoms. The molecule has 2 aliphatic rings. The molecular weight excluding hydrogens is 354 g/mol. The fraction of sp³-hybridized carbons (Fsp3) is 0.471. The molecule has 1 unspecified atom stereocenters. The minimum absolute atomic E-state index is 0.456. The SMILES string of the molecule is Brc1cncc(CN2CCC(Nc3ccnc(C4CC4)n3)C2)c1. The summed E-state index contributed by atoms with van der Waals surface area (Å²) in [6.07, 6.45) is 9.26. The summed E-state index contributed by atoms with van der Waals surface area (Å²) in [6, 6.07) is 4.57. The van der Waals surface area contributed by atoms with Crippen LogP contribution in [0.4, 0.5) is 5.82 Å². The zero-order valence-electron chi connectivity index (χ0n) is 13.0. The lowest BCUT2D eigenvalue weighted by Crippen LogP contribution is -2.26. The highest BCUT2D eigenvalue weighted by atomic mass is 79.9. The number of halogens is 1. The number of anilines is 1. The summed E-state index contributed by atoms with van der Waals surface area (Å²) in [5.74, 6) is 2.57. The van der Waals surface area contributed by atoms with E-state index in [2.05, 4.69) is 47.2 Å². The van der Waals surface area contributed by atoms with Crippen LogP contribution in [0.2, 0.25) is 0 Å². The van der Waals surface area contributed by atoms with Crippen LogP contribution in [0.25, 0.3) is 0 Å². The zero-order chi connectivity index (χ0) is 15.6. The van der Waals surface area contributed by atoms with Crippen molar-refractivity contribution in [1.82, 2.24) is 19.9 Å². The first-order valence-electron chi connectivity index (χ1n) is 8.17. The van der Waals surface area contributed by atoms with Crippen molar-refractivity contribution in [2.24, 2.45) is 0 Å². The van der Waals surface area contributed by atoms with Crippen LogP contribution in [-0.2, 0) is 6.54 Å². The molecule has 0 aromatic carbocycles. The van der Waals surface area contributed by atoms with E-state index in [1.54, 1.807) is 0 Å². The van der Waals surface area contributed by atoms with Gasteiger partial charge in [-0.25, -0.2) is 9.97 Å². The van der Waals surface area contributed by atoms with Crippen LogP contribution in [0.3, 0.4) is 0 Å². The normalized spacial score (nSPS) is 21.5. The van der Waals surface area contributed by atoms with Crippen molar-refractivity contribution < 1.29 is 0 Å². The van der Waals surface area contributed by atoms with E-state index in [-0.39, 0.29) is 0 Å². The number of hydrogen-bond acceptors (Lipinski definition) is 5. The molecule has 1 saturated carbocycles. The quantitative estimate of drug-likeness (QED) is 0.871. The number of nitrogens with one attached hydrogen (secondary N) is 1. The van der Waals surface area contributed by atoms with E-state index < -0.39 is 0 Å². The third-order valence-electron chi connectivity index (χ3n) is 4.41. The second-order valence-electron chi connectivity index (χ2n) is 6.45. The Labute approximate surface area is 144 Å². The van der Waals surface area contributed by atoms with Gasteiger partial charge in [-0.2, -0.15) is 0 Å². The van der Waals surface area contributed by atoms with E-state index in [1.807, 2.05) is 24.7 Å². The van der Waals surface area contributed by atoms with Gasteiger partial charge < -0.3 is 5.32 Å². The average molecular weight is 374 g/mol. The molecule has 1 aliphatic heterocycles. The second-order valence-corrected chi connectivity index (χ2v) is 7.37. The topological polar surface area (TPSA) is 53.9 Å². The second kappa shape index (κ2) is 6.53. The predicted molar refractivity (Wildman–Crippen MR) is 93.2 cm³/mol. The summed E-state index contributed by atoms with van der Waals surface area (Å²) >= 11 is 3.48. The molecular formula is C17H20BrN5. The highest BCUT2D eigenvalue weighted by Gasteiger charge is 2.27. The molecule has 4 rings (SSSR count). The average Bonchev–Trinajstić information content (AvgIpc) is 3.30. The standard InChI is InChI=1S/C17H20BrN5/c18-14-7-12(8-19-9-14)10-23-6-4-15(11-23)21-16-3-5-20-17(22-16)13-1-2-13/h3,5,7-9,13,15H,1-2,4,6,10-11H2,(H,20,21,22). The first-order chi connectivity index (χ1) is 11.3. The monoisotopic (exact) mass is 373 g/mol. The largest absolute Gasteiger partial charge is 0.366 e. The van der Waals surface area contributed by atoms with Crippen LogP contribution in [0.15, 0.2) is 35.2 Å². The molecule has 1 atom stereocenters. The van der Waals surface area contributed by atoms with E-state index in [4.69, 9.17) is 0 Å². The molecule has 2 aromatic heterocycles. The molecule has 1 saturated heterocycles. The molecule has 2 aromatic rings. The van der Waals surface area contributed by atoms with Gasteiger partial charge in [0.1, 0.15) is 11.6 Å². The van der Waals surface area contributed by atoms with Crippen molar-refractivity contribution in [1.29, 1.82) is 0 Å². The van der Waals surface area contributed by atoms with Gasteiger partial charge in [0.05, 0.1) is 0 Å². The van der Waals surface area contributed by atoms with Gasteiger partial charge in [0, 0.05) is 54.7 Å². The molecule has 0 amide bonds. The van der Waals surface area contributed by atoms with Crippen molar-refractivity contribution in [3.8, 4) is 0 Å². The fourth-order valence-electron chi connectivity index (χ4n) is 3.10. The Bertz CT molecular complexity index is 688. The van der Waals surface area contributed by atoms with Gasteiger partial charge in [-0.1, -0.05) is 0 Å². The Morgan fingerprint density at radius 2 is 2.17 bits per heavy atom. The maximum Gasteiger partial charge on any atom is 0.133 e. The Morgan fingerprint density at radius 3 is 3.00 bits per heavy atom. The van der Waals surface area contributed by atoms with Crippen LogP contribution in [0.5, 0.6) is 0 Å². The first-order valence-corrected chi connectivity index (χ1v) is 8.97. The Balaban J connectivity index is 1.34. The van der Waals surface area contributed by atoms with Crippen molar-refractivity contribution in [2.75, 3.05) is 18.4 Å². The van der Waals surface area contributed by atoms with Gasteiger partial charge >= 0.3 is 0 Å². The van der Waals surface area contributed by atoms with Gasteiger partial charge in [-0.15, -0.1) is 0 Å². The van der Waals surface area contributed by atoms with Crippen LogP contribution < -0.4 is 5.32 Å². The zero-order valence-corrected chi connectivity index (χ0v) is 14.5. The molecule has 1 N–H and O–H groups in total. The van der Waals surface area contributed by atoms with E-state index in [1.165, 1.54) is 18.4 Å². The molecule has 1 aliphatic carbocycles. The highest BCUT2D eigenvalue weighted by Crippen LogP contribution is 2.38. The Morgan fingerprint density at radius 1 is 1.26 bits per heavy atom. The fourth-order valence-corrected chi connectivity index (χ4v) is 3.51. The summed E-state index contributed by atoms with van der Waals surface area (Å²) in [7, 11) is 0. The molecule has 6 heteroatoms. The predicted octanol–water partition coefficient (Wildman–Crippen LogP) is 3.20. The third-order valence-corrected chi connectivity index (χ3v) is 4.84. The summed E-state index contributed by atoms with van der Waals surface area (Å²) in [4.78, 5) is 15.7. The van der Waals surface area contributed by atoms with Crippen molar-refractivity contribution in [3.05, 3.63) is 46.6 Å². The van der Waals surface area contributed by atoms with Crippen molar-refractivity contribution in [3.63, 3.8) is 0 Å². The molecule has 3 heterocycles. The van der Waals surface area contributed by atoms with Crippen LogP contribution in [0.1, 0.15) is 36.6 Å². The summed E-state index contributed by atoms with van der Waals surface area (Å²) < 4.78 is 1.04. The maximum absolute atomic E-state index is 4.66. The molecule has 0 spiro atoms. The Hall–Kier alpha value is -1.53. The minimum atomic E-state index is 0.456.